The maximum absolute atomic E-state index is 11.1. The lowest BCUT2D eigenvalue weighted by molar-refractivity contribution is -0.139. The van der Waals surface area contributed by atoms with Gasteiger partial charge in [0, 0.05) is 0 Å². The number of rotatable bonds is 2. The number of ether oxygens (including phenoxy) is 1. The van der Waals surface area contributed by atoms with Crippen LogP contribution in [0.25, 0.3) is 0 Å². The molecule has 5 nitrogen and oxygen atoms in total. The first kappa shape index (κ1) is 8.34. The molecule has 1 heterocycles. The van der Waals surface area contributed by atoms with E-state index in [9.17, 15) is 9.59 Å². The van der Waals surface area contributed by atoms with Crippen LogP contribution in [-0.2, 0) is 9.53 Å². The third kappa shape index (κ3) is 1.59. The van der Waals surface area contributed by atoms with Gasteiger partial charge >= 0.3 is 12.1 Å². The third-order valence-electron chi connectivity index (χ3n) is 2.49. The van der Waals surface area contributed by atoms with E-state index in [0.717, 1.165) is 17.7 Å². The summed E-state index contributed by atoms with van der Waals surface area (Å²) in [6.45, 7) is -0.106. The van der Waals surface area contributed by atoms with Crippen molar-refractivity contribution in [2.75, 3.05) is 6.73 Å². The van der Waals surface area contributed by atoms with Crippen LogP contribution in [0.5, 0.6) is 0 Å². The van der Waals surface area contributed by atoms with E-state index in [1.807, 2.05) is 0 Å². The average molecular weight is 185 g/mol. The van der Waals surface area contributed by atoms with Crippen molar-refractivity contribution in [3.63, 3.8) is 0 Å². The van der Waals surface area contributed by atoms with E-state index >= 15 is 0 Å². The zero-order valence-corrected chi connectivity index (χ0v) is 7.10. The molecule has 1 saturated carbocycles. The van der Waals surface area contributed by atoms with Crippen LogP contribution in [0.2, 0.25) is 0 Å². The zero-order chi connectivity index (χ0) is 9.42. The Hall–Kier alpha value is -1.26. The van der Waals surface area contributed by atoms with Gasteiger partial charge < -0.3 is 9.84 Å². The Morgan fingerprint density at radius 2 is 2.31 bits per heavy atom. The predicted molar refractivity (Wildman–Crippen MR) is 42.0 cm³/mol. The van der Waals surface area contributed by atoms with Gasteiger partial charge in [0.1, 0.15) is 6.04 Å². The number of carbonyl (C=O) groups is 2. The van der Waals surface area contributed by atoms with Crippen LogP contribution in [0.4, 0.5) is 4.79 Å². The summed E-state index contributed by atoms with van der Waals surface area (Å²) in [4.78, 5) is 22.8. The Morgan fingerprint density at radius 3 is 2.85 bits per heavy atom. The Bertz CT molecular complexity index is 249. The number of hydrogen-bond acceptors (Lipinski definition) is 3. The van der Waals surface area contributed by atoms with Crippen molar-refractivity contribution < 1.29 is 19.4 Å². The fourth-order valence-corrected chi connectivity index (χ4v) is 1.53. The number of hydrogen-bond donors (Lipinski definition) is 1. The SMILES string of the molecule is O=C1OCN(C(=O)O)C1CC1CC1. The molecule has 2 rings (SSSR count). The molecule has 0 spiro atoms. The molecule has 1 amide bonds. The van der Waals surface area contributed by atoms with Gasteiger partial charge in [0.15, 0.2) is 6.73 Å². The number of carbonyl (C=O) groups excluding carboxylic acids is 1. The van der Waals surface area contributed by atoms with Gasteiger partial charge in [-0.25, -0.2) is 9.59 Å². The van der Waals surface area contributed by atoms with E-state index in [1.54, 1.807) is 0 Å². The van der Waals surface area contributed by atoms with Crippen LogP contribution >= 0.6 is 0 Å². The molecule has 0 bridgehead atoms. The number of nitrogens with zero attached hydrogens (tertiary/aromatic N) is 1. The molecule has 0 aromatic rings. The van der Waals surface area contributed by atoms with E-state index in [0.29, 0.717) is 12.3 Å². The Kier molecular flexibility index (Phi) is 1.86. The van der Waals surface area contributed by atoms with Gasteiger partial charge in [-0.3, -0.25) is 4.90 Å². The lowest BCUT2D eigenvalue weighted by Gasteiger charge is -2.15. The molecule has 2 aliphatic rings. The smallest absolute Gasteiger partial charge is 0.410 e. The van der Waals surface area contributed by atoms with E-state index in [4.69, 9.17) is 5.11 Å². The van der Waals surface area contributed by atoms with E-state index in [2.05, 4.69) is 4.74 Å². The van der Waals surface area contributed by atoms with Gasteiger partial charge in [-0.05, 0) is 12.3 Å². The highest BCUT2D eigenvalue weighted by Gasteiger charge is 2.41. The standard InChI is InChI=1S/C8H11NO4/c10-7-6(3-5-1-2-5)9(4-13-7)8(11)12/h5-6H,1-4H2,(H,11,12). The monoisotopic (exact) mass is 185 g/mol. The first-order valence-electron chi connectivity index (χ1n) is 4.34. The molecule has 0 aromatic heterocycles. The fraction of sp³-hybridized carbons (Fsp3) is 0.750. The molecule has 1 atom stereocenters. The molecule has 2 fully saturated rings. The van der Waals surface area contributed by atoms with Crippen molar-refractivity contribution in [2.24, 2.45) is 5.92 Å². The summed E-state index contributed by atoms with van der Waals surface area (Å²) in [5.74, 6) is 0.131. The first-order chi connectivity index (χ1) is 6.18. The summed E-state index contributed by atoms with van der Waals surface area (Å²) in [5.41, 5.74) is 0. The molecule has 1 aliphatic heterocycles. The van der Waals surface area contributed by atoms with Crippen LogP contribution in [0.3, 0.4) is 0 Å². The number of esters is 1. The Labute approximate surface area is 75.3 Å². The van der Waals surface area contributed by atoms with Crippen molar-refractivity contribution >= 4 is 12.1 Å². The van der Waals surface area contributed by atoms with Crippen molar-refractivity contribution in [1.82, 2.24) is 4.90 Å². The van der Waals surface area contributed by atoms with Crippen molar-refractivity contribution in [3.05, 3.63) is 0 Å². The minimum absolute atomic E-state index is 0.106. The van der Waals surface area contributed by atoms with Crippen LogP contribution in [-0.4, -0.2) is 34.8 Å². The lowest BCUT2D eigenvalue weighted by Crippen LogP contribution is -2.37. The number of amides is 1. The van der Waals surface area contributed by atoms with Crippen molar-refractivity contribution in [1.29, 1.82) is 0 Å². The quantitative estimate of drug-likeness (QED) is 0.641. The molecule has 1 saturated heterocycles. The molecular formula is C8H11NO4. The summed E-state index contributed by atoms with van der Waals surface area (Å²) < 4.78 is 4.67. The first-order valence-corrected chi connectivity index (χ1v) is 4.34. The molecule has 13 heavy (non-hydrogen) atoms. The molecular weight excluding hydrogens is 174 g/mol. The summed E-state index contributed by atoms with van der Waals surface area (Å²) in [5, 5.41) is 8.73. The van der Waals surface area contributed by atoms with Gasteiger partial charge in [0.25, 0.3) is 0 Å². The molecule has 1 aliphatic carbocycles. The van der Waals surface area contributed by atoms with Gasteiger partial charge in [-0.15, -0.1) is 0 Å². The maximum atomic E-state index is 11.1. The van der Waals surface area contributed by atoms with Crippen molar-refractivity contribution in [2.45, 2.75) is 25.3 Å². The van der Waals surface area contributed by atoms with E-state index < -0.39 is 18.1 Å². The highest BCUT2D eigenvalue weighted by molar-refractivity contribution is 5.83. The van der Waals surface area contributed by atoms with Gasteiger partial charge in [-0.2, -0.15) is 0 Å². The van der Waals surface area contributed by atoms with E-state index in [1.165, 1.54) is 0 Å². The van der Waals surface area contributed by atoms with Crippen LogP contribution in [0, 0.1) is 5.92 Å². The van der Waals surface area contributed by atoms with Crippen molar-refractivity contribution in [3.8, 4) is 0 Å². The predicted octanol–water partition coefficient (Wildman–Crippen LogP) is 0.649. The second-order valence-corrected chi connectivity index (χ2v) is 3.54. The maximum Gasteiger partial charge on any atom is 0.410 e. The van der Waals surface area contributed by atoms with Crippen LogP contribution in [0.1, 0.15) is 19.3 Å². The molecule has 72 valence electrons. The second-order valence-electron chi connectivity index (χ2n) is 3.54. The molecule has 0 aromatic carbocycles. The summed E-state index contributed by atoms with van der Waals surface area (Å²) in [6.07, 6.45) is 1.77. The van der Waals surface area contributed by atoms with Gasteiger partial charge in [0.05, 0.1) is 0 Å². The van der Waals surface area contributed by atoms with E-state index in [-0.39, 0.29) is 6.73 Å². The molecule has 1 unspecified atom stereocenters. The second kappa shape index (κ2) is 2.90. The molecule has 1 N–H and O–H groups in total. The highest BCUT2D eigenvalue weighted by atomic mass is 16.6. The Morgan fingerprint density at radius 1 is 1.62 bits per heavy atom. The van der Waals surface area contributed by atoms with Gasteiger partial charge in [-0.1, -0.05) is 12.8 Å². The zero-order valence-electron chi connectivity index (χ0n) is 7.10. The largest absolute Gasteiger partial charge is 0.465 e. The minimum Gasteiger partial charge on any atom is -0.465 e. The number of cyclic esters (lactones) is 1. The fourth-order valence-electron chi connectivity index (χ4n) is 1.53. The topological polar surface area (TPSA) is 66.8 Å². The normalized spacial score (nSPS) is 27.5. The summed E-state index contributed by atoms with van der Waals surface area (Å²) in [7, 11) is 0. The molecule has 0 radical (unpaired) electrons. The molecule has 5 heteroatoms. The van der Waals surface area contributed by atoms with Crippen LogP contribution in [0.15, 0.2) is 0 Å². The number of carboxylic acid groups (broad SMARTS) is 1. The Balaban J connectivity index is 2.01. The summed E-state index contributed by atoms with van der Waals surface area (Å²) in [6, 6.07) is -0.551. The lowest BCUT2D eigenvalue weighted by atomic mass is 10.1. The third-order valence-corrected chi connectivity index (χ3v) is 2.49. The van der Waals surface area contributed by atoms with Crippen LogP contribution < -0.4 is 0 Å². The minimum atomic E-state index is -1.07. The average Bonchev–Trinajstić information content (AvgIpc) is 2.78. The summed E-state index contributed by atoms with van der Waals surface area (Å²) >= 11 is 0. The highest BCUT2D eigenvalue weighted by Crippen LogP contribution is 2.35. The van der Waals surface area contributed by atoms with Gasteiger partial charge in [0.2, 0.25) is 0 Å².